The van der Waals surface area contributed by atoms with Crippen LogP contribution in [-0.4, -0.2) is 35.9 Å². The molecule has 1 aromatic rings. The van der Waals surface area contributed by atoms with Crippen molar-refractivity contribution in [3.8, 4) is 0 Å². The molecule has 1 aliphatic heterocycles. The highest BCUT2D eigenvalue weighted by molar-refractivity contribution is 5.93. The Labute approximate surface area is 98.5 Å². The number of amides is 1. The topological polar surface area (TPSA) is 90.4 Å². The normalized spacial score (nSPS) is 35.2. The summed E-state index contributed by atoms with van der Waals surface area (Å²) in [5.41, 5.74) is 6.73. The third-order valence-corrected chi connectivity index (χ3v) is 3.70. The molecule has 0 bridgehead atoms. The molecule has 0 spiro atoms. The molecule has 4 atom stereocenters. The van der Waals surface area contributed by atoms with Crippen molar-refractivity contribution in [3.63, 3.8) is 0 Å². The molecule has 1 aromatic heterocycles. The third kappa shape index (κ3) is 1.56. The van der Waals surface area contributed by atoms with E-state index in [1.165, 1.54) is 6.20 Å². The van der Waals surface area contributed by atoms with Gasteiger partial charge in [0, 0.05) is 24.1 Å². The first-order valence-corrected chi connectivity index (χ1v) is 5.78. The van der Waals surface area contributed by atoms with Crippen LogP contribution < -0.4 is 11.1 Å². The van der Waals surface area contributed by atoms with E-state index in [0.717, 1.165) is 18.6 Å². The third-order valence-electron chi connectivity index (χ3n) is 3.70. The van der Waals surface area contributed by atoms with E-state index in [0.29, 0.717) is 5.92 Å². The highest BCUT2D eigenvalue weighted by Crippen LogP contribution is 2.37. The Morgan fingerprint density at radius 1 is 1.65 bits per heavy atom. The number of fused-ring (bicyclic) bond motifs is 1. The van der Waals surface area contributed by atoms with E-state index < -0.39 is 0 Å². The van der Waals surface area contributed by atoms with Gasteiger partial charge in [-0.05, 0) is 13.3 Å². The Kier molecular flexibility index (Phi) is 2.41. The molecular weight excluding hydrogens is 222 g/mol. The maximum atomic E-state index is 11.9. The lowest BCUT2D eigenvalue weighted by Crippen LogP contribution is -2.68. The van der Waals surface area contributed by atoms with Crippen molar-refractivity contribution >= 4 is 5.91 Å². The van der Waals surface area contributed by atoms with E-state index in [9.17, 15) is 4.79 Å². The first kappa shape index (κ1) is 10.7. The molecule has 2 aliphatic rings. The molecule has 0 aromatic carbocycles. The number of rotatable bonds is 2. The van der Waals surface area contributed by atoms with E-state index in [1.807, 2.05) is 0 Å². The fourth-order valence-electron chi connectivity index (χ4n) is 2.65. The predicted molar refractivity (Wildman–Crippen MR) is 58.3 cm³/mol. The van der Waals surface area contributed by atoms with Gasteiger partial charge in [0.1, 0.15) is 0 Å². The molecule has 0 radical (unpaired) electrons. The number of ether oxygens (including phenoxy) is 1. The predicted octanol–water partition coefficient (Wildman–Crippen LogP) is -0.173. The fourth-order valence-corrected chi connectivity index (χ4v) is 2.65. The summed E-state index contributed by atoms with van der Waals surface area (Å²) in [6, 6.07) is -0.130. The monoisotopic (exact) mass is 237 g/mol. The zero-order valence-electron chi connectivity index (χ0n) is 9.55. The van der Waals surface area contributed by atoms with Gasteiger partial charge in [0.05, 0.1) is 18.3 Å². The smallest absolute Gasteiger partial charge is 0.290 e. The second kappa shape index (κ2) is 3.82. The molecule has 1 amide bonds. The highest BCUT2D eigenvalue weighted by Gasteiger charge is 2.52. The van der Waals surface area contributed by atoms with Gasteiger partial charge in [0.2, 0.25) is 5.76 Å². The van der Waals surface area contributed by atoms with Gasteiger partial charge in [0.25, 0.3) is 5.91 Å². The zero-order valence-corrected chi connectivity index (χ0v) is 9.55. The van der Waals surface area contributed by atoms with Crippen LogP contribution in [0.2, 0.25) is 0 Å². The number of hydrogen-bond donors (Lipinski definition) is 2. The number of aromatic nitrogens is 1. The molecule has 2 fully saturated rings. The molecular formula is C11H15N3O3. The summed E-state index contributed by atoms with van der Waals surface area (Å²) in [6.45, 7) is 2.51. The largest absolute Gasteiger partial charge is 0.376 e. The second-order valence-electron chi connectivity index (χ2n) is 4.70. The van der Waals surface area contributed by atoms with Gasteiger partial charge in [-0.25, -0.2) is 0 Å². The Bertz CT molecular complexity index is 445. The van der Waals surface area contributed by atoms with Gasteiger partial charge >= 0.3 is 0 Å². The highest BCUT2D eigenvalue weighted by atomic mass is 16.5. The summed E-state index contributed by atoms with van der Waals surface area (Å²) in [6.07, 6.45) is 2.57. The Balaban J connectivity index is 1.68. The number of nitrogens with one attached hydrogen (secondary N) is 1. The van der Waals surface area contributed by atoms with Gasteiger partial charge in [-0.1, -0.05) is 5.16 Å². The SMILES string of the molecule is Cc1cnoc1C(=O)NC1C(N)C2CCOC21. The van der Waals surface area contributed by atoms with Crippen LogP contribution in [0.25, 0.3) is 0 Å². The summed E-state index contributed by atoms with van der Waals surface area (Å²) < 4.78 is 10.4. The summed E-state index contributed by atoms with van der Waals surface area (Å²) in [5.74, 6) is 0.365. The van der Waals surface area contributed by atoms with Crippen LogP contribution in [0.1, 0.15) is 22.5 Å². The molecule has 6 nitrogen and oxygen atoms in total. The van der Waals surface area contributed by atoms with E-state index in [-0.39, 0.29) is 29.9 Å². The van der Waals surface area contributed by atoms with E-state index in [1.54, 1.807) is 6.92 Å². The number of nitrogens with two attached hydrogens (primary N) is 1. The molecule has 1 aliphatic carbocycles. The minimum Gasteiger partial charge on any atom is -0.376 e. The standard InChI is InChI=1S/C11H15N3O3/c1-5-4-13-17-9(5)11(15)14-8-7(12)6-2-3-16-10(6)8/h4,6-8,10H,2-3,12H2,1H3,(H,14,15). The minimum atomic E-state index is -0.269. The van der Waals surface area contributed by atoms with Gasteiger partial charge in [-0.2, -0.15) is 0 Å². The Morgan fingerprint density at radius 3 is 3.18 bits per heavy atom. The van der Waals surface area contributed by atoms with Crippen LogP contribution in [0.15, 0.2) is 10.7 Å². The van der Waals surface area contributed by atoms with E-state index in [2.05, 4.69) is 10.5 Å². The Hall–Kier alpha value is -1.40. The molecule has 17 heavy (non-hydrogen) atoms. The zero-order chi connectivity index (χ0) is 12.0. The summed E-state index contributed by atoms with van der Waals surface area (Å²) in [7, 11) is 0. The van der Waals surface area contributed by atoms with Crippen molar-refractivity contribution in [2.75, 3.05) is 6.61 Å². The van der Waals surface area contributed by atoms with E-state index in [4.69, 9.17) is 15.0 Å². The summed E-state index contributed by atoms with van der Waals surface area (Å²) >= 11 is 0. The number of carbonyl (C=O) groups excluding carboxylic acids is 1. The van der Waals surface area contributed by atoms with Crippen molar-refractivity contribution in [2.24, 2.45) is 11.7 Å². The number of aryl methyl sites for hydroxylation is 1. The van der Waals surface area contributed by atoms with Crippen molar-refractivity contribution in [2.45, 2.75) is 31.5 Å². The molecule has 6 heteroatoms. The van der Waals surface area contributed by atoms with Crippen LogP contribution >= 0.6 is 0 Å². The molecule has 1 saturated heterocycles. The maximum absolute atomic E-state index is 11.9. The van der Waals surface area contributed by atoms with Gasteiger partial charge < -0.3 is 20.3 Å². The average molecular weight is 237 g/mol. The lowest BCUT2D eigenvalue weighted by molar-refractivity contribution is -0.0165. The Morgan fingerprint density at radius 2 is 2.47 bits per heavy atom. The lowest BCUT2D eigenvalue weighted by Gasteiger charge is -2.45. The molecule has 1 saturated carbocycles. The second-order valence-corrected chi connectivity index (χ2v) is 4.70. The molecule has 92 valence electrons. The number of carbonyl (C=O) groups is 1. The van der Waals surface area contributed by atoms with E-state index >= 15 is 0 Å². The van der Waals surface area contributed by atoms with Gasteiger partial charge in [-0.15, -0.1) is 0 Å². The first-order chi connectivity index (χ1) is 8.18. The quantitative estimate of drug-likeness (QED) is 0.745. The molecule has 2 heterocycles. The maximum Gasteiger partial charge on any atom is 0.290 e. The number of nitrogens with zero attached hydrogens (tertiary/aromatic N) is 1. The molecule has 3 N–H and O–H groups in total. The number of hydrogen-bond acceptors (Lipinski definition) is 5. The fraction of sp³-hybridized carbons (Fsp3) is 0.636. The van der Waals surface area contributed by atoms with Crippen LogP contribution in [0.3, 0.4) is 0 Å². The van der Waals surface area contributed by atoms with Gasteiger partial charge in [0.15, 0.2) is 0 Å². The first-order valence-electron chi connectivity index (χ1n) is 5.78. The van der Waals surface area contributed by atoms with Crippen LogP contribution in [0.5, 0.6) is 0 Å². The minimum absolute atomic E-state index is 0.0188. The lowest BCUT2D eigenvalue weighted by atomic mass is 9.72. The van der Waals surface area contributed by atoms with Crippen LogP contribution in [-0.2, 0) is 4.74 Å². The van der Waals surface area contributed by atoms with Gasteiger partial charge in [-0.3, -0.25) is 4.79 Å². The summed E-state index contributed by atoms with van der Waals surface area (Å²) in [4.78, 5) is 11.9. The van der Waals surface area contributed by atoms with Crippen LogP contribution in [0, 0.1) is 12.8 Å². The summed E-state index contributed by atoms with van der Waals surface area (Å²) in [5, 5.41) is 6.44. The van der Waals surface area contributed by atoms with Crippen LogP contribution in [0.4, 0.5) is 0 Å². The van der Waals surface area contributed by atoms with Crippen molar-refractivity contribution in [1.82, 2.24) is 10.5 Å². The van der Waals surface area contributed by atoms with Crippen molar-refractivity contribution < 1.29 is 14.1 Å². The van der Waals surface area contributed by atoms with Crippen molar-refractivity contribution in [1.29, 1.82) is 0 Å². The molecule has 4 unspecified atom stereocenters. The van der Waals surface area contributed by atoms with Crippen molar-refractivity contribution in [3.05, 3.63) is 17.5 Å². The molecule has 3 rings (SSSR count). The average Bonchev–Trinajstić information content (AvgIpc) is 2.91.